The summed E-state index contributed by atoms with van der Waals surface area (Å²) in [5.74, 6) is -2.02. The molecule has 120 valence electrons. The number of nitrogens with one attached hydrogen (secondary N) is 1. The summed E-state index contributed by atoms with van der Waals surface area (Å²) in [6.07, 6.45) is -1.15. The first-order valence-electron chi connectivity index (χ1n) is 6.23. The summed E-state index contributed by atoms with van der Waals surface area (Å²) in [7, 11) is 1.13. The van der Waals surface area contributed by atoms with E-state index in [0.717, 1.165) is 7.11 Å². The Bertz CT molecular complexity index is 446. The molecule has 0 aromatic heterocycles. The van der Waals surface area contributed by atoms with Crippen LogP contribution in [-0.2, 0) is 19.1 Å². The van der Waals surface area contributed by atoms with Crippen molar-refractivity contribution in [1.82, 2.24) is 5.32 Å². The highest BCUT2D eigenvalue weighted by Gasteiger charge is 2.28. The first kappa shape index (κ1) is 18.8. The first-order chi connectivity index (χ1) is 9.47. The normalized spacial score (nSPS) is 13.8. The number of aliphatic hydroxyl groups is 1. The van der Waals surface area contributed by atoms with E-state index in [0.29, 0.717) is 0 Å². The molecule has 0 bridgehead atoms. The van der Waals surface area contributed by atoms with Crippen LogP contribution in [0.2, 0.25) is 0 Å². The van der Waals surface area contributed by atoms with Gasteiger partial charge in [-0.15, -0.1) is 0 Å². The van der Waals surface area contributed by atoms with Crippen molar-refractivity contribution in [1.29, 1.82) is 0 Å². The lowest BCUT2D eigenvalue weighted by molar-refractivity contribution is -0.143. The van der Waals surface area contributed by atoms with Crippen LogP contribution in [-0.4, -0.2) is 41.8 Å². The van der Waals surface area contributed by atoms with Crippen molar-refractivity contribution < 1.29 is 29.0 Å². The maximum absolute atomic E-state index is 11.7. The van der Waals surface area contributed by atoms with Crippen LogP contribution in [0.1, 0.15) is 34.1 Å². The van der Waals surface area contributed by atoms with Crippen LogP contribution in [0, 0.1) is 0 Å². The van der Waals surface area contributed by atoms with Gasteiger partial charge in [0, 0.05) is 6.42 Å². The van der Waals surface area contributed by atoms with Crippen LogP contribution in [0.3, 0.4) is 0 Å². The fourth-order valence-electron chi connectivity index (χ4n) is 1.42. The van der Waals surface area contributed by atoms with Gasteiger partial charge in [0.05, 0.1) is 18.4 Å². The Hall–Kier alpha value is -2.25. The van der Waals surface area contributed by atoms with E-state index in [2.05, 4.69) is 10.1 Å². The standard InChI is InChI=1S/C13H22N2O6/c1-7(16)8(10(14)17)6-9(11(18)20-5)15-12(19)21-13(2,3)4/h9,16H,6H2,1-5H3,(H2,14,17)(H,15,19)/b8-7-. The van der Waals surface area contributed by atoms with Crippen molar-refractivity contribution in [2.45, 2.75) is 45.8 Å². The topological polar surface area (TPSA) is 128 Å². The van der Waals surface area contributed by atoms with Gasteiger partial charge in [-0.05, 0) is 27.7 Å². The lowest BCUT2D eigenvalue weighted by atomic mass is 10.0. The lowest BCUT2D eigenvalue weighted by Crippen LogP contribution is -2.45. The van der Waals surface area contributed by atoms with E-state index in [1.54, 1.807) is 20.8 Å². The Balaban J connectivity index is 5.07. The van der Waals surface area contributed by atoms with Gasteiger partial charge in [-0.3, -0.25) is 4.79 Å². The Kier molecular flexibility index (Phi) is 6.71. The fourth-order valence-corrected chi connectivity index (χ4v) is 1.42. The zero-order valence-corrected chi connectivity index (χ0v) is 12.9. The second kappa shape index (κ2) is 7.51. The van der Waals surface area contributed by atoms with Crippen LogP contribution in [0.25, 0.3) is 0 Å². The van der Waals surface area contributed by atoms with Crippen LogP contribution >= 0.6 is 0 Å². The molecule has 4 N–H and O–H groups in total. The molecule has 0 radical (unpaired) electrons. The number of allylic oxidation sites excluding steroid dienone is 1. The van der Waals surface area contributed by atoms with Gasteiger partial charge < -0.3 is 25.6 Å². The van der Waals surface area contributed by atoms with E-state index in [1.165, 1.54) is 6.92 Å². The van der Waals surface area contributed by atoms with Gasteiger partial charge in [0.25, 0.3) is 0 Å². The molecule has 8 nitrogen and oxygen atoms in total. The maximum Gasteiger partial charge on any atom is 0.408 e. The molecular formula is C13H22N2O6. The minimum Gasteiger partial charge on any atom is -0.512 e. The molecule has 2 amide bonds. The number of carbonyl (C=O) groups is 3. The molecule has 0 rings (SSSR count). The highest BCUT2D eigenvalue weighted by atomic mass is 16.6. The van der Waals surface area contributed by atoms with Crippen LogP contribution in [0.5, 0.6) is 0 Å². The number of primary amides is 1. The molecule has 1 atom stereocenters. The predicted molar refractivity (Wildman–Crippen MR) is 74.3 cm³/mol. The van der Waals surface area contributed by atoms with Crippen LogP contribution in [0.4, 0.5) is 4.79 Å². The van der Waals surface area contributed by atoms with E-state index in [9.17, 15) is 19.5 Å². The molecule has 1 unspecified atom stereocenters. The van der Waals surface area contributed by atoms with E-state index < -0.39 is 29.6 Å². The van der Waals surface area contributed by atoms with Gasteiger partial charge in [-0.2, -0.15) is 0 Å². The number of aliphatic hydroxyl groups excluding tert-OH is 1. The van der Waals surface area contributed by atoms with Crippen molar-refractivity contribution in [2.24, 2.45) is 5.73 Å². The van der Waals surface area contributed by atoms with E-state index in [1.807, 2.05) is 0 Å². The van der Waals surface area contributed by atoms with Gasteiger partial charge in [0.15, 0.2) is 0 Å². The number of esters is 1. The Labute approximate surface area is 123 Å². The number of hydrogen-bond acceptors (Lipinski definition) is 6. The predicted octanol–water partition coefficient (Wildman–Crippen LogP) is 0.760. The number of rotatable bonds is 5. The zero-order valence-electron chi connectivity index (χ0n) is 12.9. The number of amides is 2. The molecule has 0 aliphatic heterocycles. The molecule has 0 heterocycles. The maximum atomic E-state index is 11.7. The smallest absolute Gasteiger partial charge is 0.408 e. The van der Waals surface area contributed by atoms with Gasteiger partial charge in [-0.1, -0.05) is 0 Å². The summed E-state index contributed by atoms with van der Waals surface area (Å²) < 4.78 is 9.55. The average Bonchev–Trinajstić information content (AvgIpc) is 2.29. The van der Waals surface area contributed by atoms with Gasteiger partial charge in [0.2, 0.25) is 5.91 Å². The van der Waals surface area contributed by atoms with Crippen molar-refractivity contribution in [3.8, 4) is 0 Å². The van der Waals surface area contributed by atoms with Gasteiger partial charge in [-0.25, -0.2) is 9.59 Å². The third-order valence-electron chi connectivity index (χ3n) is 2.32. The third kappa shape index (κ3) is 7.19. The van der Waals surface area contributed by atoms with Gasteiger partial charge >= 0.3 is 12.1 Å². The van der Waals surface area contributed by atoms with Crippen molar-refractivity contribution >= 4 is 18.0 Å². The number of methoxy groups -OCH3 is 1. The Morgan fingerprint density at radius 2 is 1.81 bits per heavy atom. The summed E-state index contributed by atoms with van der Waals surface area (Å²) in [5, 5.41) is 11.7. The third-order valence-corrected chi connectivity index (χ3v) is 2.32. The molecule has 0 aromatic rings. The molecule has 21 heavy (non-hydrogen) atoms. The Morgan fingerprint density at radius 1 is 1.29 bits per heavy atom. The largest absolute Gasteiger partial charge is 0.512 e. The minimum atomic E-state index is -1.20. The van der Waals surface area contributed by atoms with Crippen molar-refractivity contribution in [3.05, 3.63) is 11.3 Å². The lowest BCUT2D eigenvalue weighted by Gasteiger charge is -2.22. The Morgan fingerprint density at radius 3 is 2.14 bits per heavy atom. The summed E-state index contributed by atoms with van der Waals surface area (Å²) >= 11 is 0. The van der Waals surface area contributed by atoms with Crippen molar-refractivity contribution in [3.63, 3.8) is 0 Å². The molecule has 8 heteroatoms. The number of nitrogens with two attached hydrogens (primary N) is 1. The zero-order chi connectivity index (χ0) is 16.8. The number of carbonyl (C=O) groups excluding carboxylic acids is 3. The molecule has 0 saturated carbocycles. The number of ether oxygens (including phenoxy) is 2. The second-order valence-electron chi connectivity index (χ2n) is 5.35. The minimum absolute atomic E-state index is 0.179. The SMILES string of the molecule is COC(=O)C(C/C(C(N)=O)=C(\C)O)NC(=O)OC(C)(C)C. The number of alkyl carbamates (subject to hydrolysis) is 1. The summed E-state index contributed by atoms with van der Waals surface area (Å²) in [6, 6.07) is -1.20. The monoisotopic (exact) mass is 302 g/mol. The van der Waals surface area contributed by atoms with E-state index >= 15 is 0 Å². The fraction of sp³-hybridized carbons (Fsp3) is 0.615. The highest BCUT2D eigenvalue weighted by Crippen LogP contribution is 2.12. The molecule has 0 saturated heterocycles. The molecule has 0 spiro atoms. The quantitative estimate of drug-likeness (QED) is 0.391. The molecular weight excluding hydrogens is 280 g/mol. The van der Waals surface area contributed by atoms with Crippen molar-refractivity contribution in [2.75, 3.05) is 7.11 Å². The second-order valence-corrected chi connectivity index (χ2v) is 5.35. The first-order valence-corrected chi connectivity index (χ1v) is 6.23. The van der Waals surface area contributed by atoms with E-state index in [4.69, 9.17) is 10.5 Å². The van der Waals surface area contributed by atoms with E-state index in [-0.39, 0.29) is 17.8 Å². The summed E-state index contributed by atoms with van der Waals surface area (Å²) in [6.45, 7) is 6.23. The molecule has 0 aliphatic carbocycles. The van der Waals surface area contributed by atoms with Crippen LogP contribution < -0.4 is 11.1 Å². The highest BCUT2D eigenvalue weighted by molar-refractivity contribution is 5.94. The van der Waals surface area contributed by atoms with Gasteiger partial charge in [0.1, 0.15) is 11.6 Å². The summed E-state index contributed by atoms with van der Waals surface area (Å²) in [4.78, 5) is 34.5. The average molecular weight is 302 g/mol. The molecule has 0 aromatic carbocycles. The van der Waals surface area contributed by atoms with Crippen LogP contribution in [0.15, 0.2) is 11.3 Å². The summed E-state index contributed by atoms with van der Waals surface area (Å²) in [5.41, 5.74) is 4.18. The molecule has 0 fully saturated rings. The molecule has 0 aliphatic rings. The number of hydrogen-bond donors (Lipinski definition) is 3.